The lowest BCUT2D eigenvalue weighted by atomic mass is 10.1. The summed E-state index contributed by atoms with van der Waals surface area (Å²) in [4.78, 5) is 16.8. The molecule has 0 aliphatic carbocycles. The van der Waals surface area contributed by atoms with Crippen LogP contribution < -0.4 is 14.2 Å². The van der Waals surface area contributed by atoms with Crippen LogP contribution in [0.1, 0.15) is 11.3 Å². The van der Waals surface area contributed by atoms with E-state index >= 15 is 0 Å². The average Bonchev–Trinajstić information content (AvgIpc) is 2.69. The lowest BCUT2D eigenvalue weighted by molar-refractivity contribution is -0.128. The zero-order valence-electron chi connectivity index (χ0n) is 15.5. The molecule has 1 heterocycles. The maximum absolute atomic E-state index is 12.4. The standard InChI is InChI=1S/C21H17Cl2NO4/c1-12-4-7-15-16(22)11-17(23)21(20(15)24-12)28-19(25)9-5-13-10-14(26-2)6-8-18(13)27-3/h4-11H,1-3H3/b9-5+. The summed E-state index contributed by atoms with van der Waals surface area (Å²) in [6, 6.07) is 10.4. The van der Waals surface area contributed by atoms with E-state index in [9.17, 15) is 4.79 Å². The van der Waals surface area contributed by atoms with E-state index in [-0.39, 0.29) is 10.8 Å². The van der Waals surface area contributed by atoms with Gasteiger partial charge in [0.05, 0.1) is 24.3 Å². The molecule has 0 saturated heterocycles. The Balaban J connectivity index is 1.92. The number of carbonyl (C=O) groups is 1. The van der Waals surface area contributed by atoms with Crippen LogP contribution >= 0.6 is 23.2 Å². The number of methoxy groups -OCH3 is 2. The number of hydrogen-bond acceptors (Lipinski definition) is 5. The number of ether oxygens (including phenoxy) is 3. The van der Waals surface area contributed by atoms with Gasteiger partial charge in [-0.1, -0.05) is 23.2 Å². The smallest absolute Gasteiger partial charge is 0.336 e. The van der Waals surface area contributed by atoms with E-state index in [2.05, 4.69) is 4.98 Å². The predicted molar refractivity (Wildman–Crippen MR) is 111 cm³/mol. The molecular formula is C21H17Cl2NO4. The van der Waals surface area contributed by atoms with Gasteiger partial charge in [-0.15, -0.1) is 0 Å². The fourth-order valence-corrected chi connectivity index (χ4v) is 3.20. The summed E-state index contributed by atoms with van der Waals surface area (Å²) in [5, 5.41) is 1.29. The van der Waals surface area contributed by atoms with E-state index in [4.69, 9.17) is 37.4 Å². The molecule has 2 aromatic carbocycles. The van der Waals surface area contributed by atoms with Crippen LogP contribution in [0.25, 0.3) is 17.0 Å². The molecule has 0 saturated carbocycles. The normalized spacial score (nSPS) is 11.0. The van der Waals surface area contributed by atoms with Crippen LogP contribution in [0.3, 0.4) is 0 Å². The largest absolute Gasteiger partial charge is 0.497 e. The van der Waals surface area contributed by atoms with Crippen molar-refractivity contribution in [1.29, 1.82) is 0 Å². The minimum atomic E-state index is -0.612. The van der Waals surface area contributed by atoms with Crippen molar-refractivity contribution < 1.29 is 19.0 Å². The van der Waals surface area contributed by atoms with Gasteiger partial charge in [-0.2, -0.15) is 0 Å². The highest BCUT2D eigenvalue weighted by molar-refractivity contribution is 6.39. The molecule has 1 aromatic heterocycles. The molecule has 0 bridgehead atoms. The van der Waals surface area contributed by atoms with Crippen molar-refractivity contribution in [3.05, 3.63) is 63.8 Å². The Bertz CT molecular complexity index is 1080. The van der Waals surface area contributed by atoms with Crippen molar-refractivity contribution in [3.8, 4) is 17.2 Å². The van der Waals surface area contributed by atoms with E-state index in [1.165, 1.54) is 12.1 Å². The topological polar surface area (TPSA) is 57.7 Å². The highest BCUT2D eigenvalue weighted by Gasteiger charge is 2.15. The highest BCUT2D eigenvalue weighted by atomic mass is 35.5. The number of esters is 1. The van der Waals surface area contributed by atoms with Gasteiger partial charge < -0.3 is 14.2 Å². The van der Waals surface area contributed by atoms with Gasteiger partial charge in [0.25, 0.3) is 0 Å². The van der Waals surface area contributed by atoms with Crippen molar-refractivity contribution in [2.45, 2.75) is 6.92 Å². The molecule has 0 spiro atoms. The van der Waals surface area contributed by atoms with E-state index in [1.807, 2.05) is 19.1 Å². The van der Waals surface area contributed by atoms with Gasteiger partial charge in [0.2, 0.25) is 0 Å². The number of pyridine rings is 1. The number of hydrogen-bond donors (Lipinski definition) is 0. The summed E-state index contributed by atoms with van der Waals surface area (Å²) >= 11 is 12.5. The Hall–Kier alpha value is -2.76. The molecule has 0 atom stereocenters. The maximum atomic E-state index is 12.4. The molecule has 0 amide bonds. The quantitative estimate of drug-likeness (QED) is 0.312. The third-order valence-electron chi connectivity index (χ3n) is 4.02. The lowest BCUT2D eigenvalue weighted by Gasteiger charge is -2.10. The predicted octanol–water partition coefficient (Wildman–Crippen LogP) is 5.49. The average molecular weight is 418 g/mol. The second-order valence-electron chi connectivity index (χ2n) is 5.88. The van der Waals surface area contributed by atoms with Gasteiger partial charge in [-0.3, -0.25) is 0 Å². The number of benzene rings is 2. The molecule has 0 aliphatic heterocycles. The monoisotopic (exact) mass is 417 g/mol. The molecule has 0 unspecified atom stereocenters. The third-order valence-corrected chi connectivity index (χ3v) is 4.61. The van der Waals surface area contributed by atoms with E-state index in [1.54, 1.807) is 38.5 Å². The van der Waals surface area contributed by atoms with Crippen LogP contribution in [0.4, 0.5) is 0 Å². The summed E-state index contributed by atoms with van der Waals surface area (Å²) < 4.78 is 16.0. The van der Waals surface area contributed by atoms with Gasteiger partial charge >= 0.3 is 5.97 Å². The minimum absolute atomic E-state index is 0.164. The molecule has 28 heavy (non-hydrogen) atoms. The number of carbonyl (C=O) groups excluding carboxylic acids is 1. The maximum Gasteiger partial charge on any atom is 0.336 e. The molecule has 5 nitrogen and oxygen atoms in total. The molecule has 3 aromatic rings. The Labute approximate surface area is 172 Å². The van der Waals surface area contributed by atoms with Crippen molar-refractivity contribution in [3.63, 3.8) is 0 Å². The van der Waals surface area contributed by atoms with Crippen molar-refractivity contribution >= 4 is 46.2 Å². The first-order chi connectivity index (χ1) is 13.4. The first-order valence-corrected chi connectivity index (χ1v) is 9.05. The van der Waals surface area contributed by atoms with Crippen LogP contribution in [0.15, 0.2) is 42.5 Å². The summed E-state index contributed by atoms with van der Waals surface area (Å²) in [7, 11) is 3.11. The van der Waals surface area contributed by atoms with Crippen LogP contribution in [-0.4, -0.2) is 25.2 Å². The van der Waals surface area contributed by atoms with Crippen molar-refractivity contribution in [2.75, 3.05) is 14.2 Å². The fourth-order valence-electron chi connectivity index (χ4n) is 2.65. The van der Waals surface area contributed by atoms with E-state index in [0.717, 1.165) is 5.69 Å². The van der Waals surface area contributed by atoms with Gasteiger partial charge in [0, 0.05) is 22.7 Å². The summed E-state index contributed by atoms with van der Waals surface area (Å²) in [6.45, 7) is 1.83. The Kier molecular flexibility index (Phi) is 6.07. The summed E-state index contributed by atoms with van der Waals surface area (Å²) in [5.74, 6) is 0.785. The second kappa shape index (κ2) is 8.50. The highest BCUT2D eigenvalue weighted by Crippen LogP contribution is 2.37. The number of halogens is 2. The SMILES string of the molecule is COc1ccc(OC)c(/C=C/C(=O)Oc2c(Cl)cc(Cl)c3ccc(C)nc23)c1. The third kappa shape index (κ3) is 4.21. The van der Waals surface area contributed by atoms with Gasteiger partial charge in [0.1, 0.15) is 17.0 Å². The van der Waals surface area contributed by atoms with E-state index in [0.29, 0.717) is 33.0 Å². The lowest BCUT2D eigenvalue weighted by Crippen LogP contribution is -2.05. The zero-order valence-corrected chi connectivity index (χ0v) is 17.0. The number of fused-ring (bicyclic) bond motifs is 1. The molecule has 0 fully saturated rings. The zero-order chi connectivity index (χ0) is 20.3. The molecule has 7 heteroatoms. The summed E-state index contributed by atoms with van der Waals surface area (Å²) in [5.41, 5.74) is 1.85. The number of rotatable bonds is 5. The molecule has 0 N–H and O–H groups in total. The van der Waals surface area contributed by atoms with Crippen LogP contribution in [0.5, 0.6) is 17.2 Å². The molecular weight excluding hydrogens is 401 g/mol. The van der Waals surface area contributed by atoms with Gasteiger partial charge in [0.15, 0.2) is 5.75 Å². The van der Waals surface area contributed by atoms with Crippen LogP contribution in [0, 0.1) is 6.92 Å². The Morgan fingerprint density at radius 2 is 1.82 bits per heavy atom. The number of nitrogens with zero attached hydrogens (tertiary/aromatic N) is 1. The molecule has 0 aliphatic rings. The van der Waals surface area contributed by atoms with Gasteiger partial charge in [-0.05, 0) is 49.4 Å². The molecule has 0 radical (unpaired) electrons. The molecule has 144 valence electrons. The van der Waals surface area contributed by atoms with Crippen LogP contribution in [-0.2, 0) is 4.79 Å². The summed E-state index contributed by atoms with van der Waals surface area (Å²) in [6.07, 6.45) is 2.86. The second-order valence-corrected chi connectivity index (χ2v) is 6.69. The number of aryl methyl sites for hydroxylation is 1. The van der Waals surface area contributed by atoms with Crippen molar-refractivity contribution in [1.82, 2.24) is 4.98 Å². The molecule has 3 rings (SSSR count). The first kappa shape index (κ1) is 20.0. The van der Waals surface area contributed by atoms with E-state index < -0.39 is 5.97 Å². The Morgan fingerprint density at radius 3 is 2.54 bits per heavy atom. The van der Waals surface area contributed by atoms with Crippen molar-refractivity contribution in [2.24, 2.45) is 0 Å². The van der Waals surface area contributed by atoms with Crippen LogP contribution in [0.2, 0.25) is 10.0 Å². The minimum Gasteiger partial charge on any atom is -0.497 e. The Morgan fingerprint density at radius 1 is 1.04 bits per heavy atom. The van der Waals surface area contributed by atoms with Gasteiger partial charge in [-0.25, -0.2) is 9.78 Å². The fraction of sp³-hybridized carbons (Fsp3) is 0.143. The number of aromatic nitrogens is 1. The first-order valence-electron chi connectivity index (χ1n) is 8.30.